The average molecular weight is 363 g/mol. The van der Waals surface area contributed by atoms with Crippen LogP contribution in [0.1, 0.15) is 26.2 Å². The highest BCUT2D eigenvalue weighted by atomic mass is 79.9. The molecule has 1 amide bonds. The Labute approximate surface area is 128 Å². The number of carbonyl (C=O) groups is 1. The summed E-state index contributed by atoms with van der Waals surface area (Å²) in [7, 11) is -3.51. The zero-order valence-electron chi connectivity index (χ0n) is 11.4. The largest absolute Gasteiger partial charge is 0.355 e. The highest BCUT2D eigenvalue weighted by molar-refractivity contribution is 9.10. The molecule has 0 aromatic heterocycles. The van der Waals surface area contributed by atoms with Crippen LogP contribution in [-0.2, 0) is 14.8 Å². The van der Waals surface area contributed by atoms with Crippen molar-refractivity contribution in [3.05, 3.63) is 28.7 Å². The van der Waals surface area contributed by atoms with Crippen molar-refractivity contribution in [2.24, 2.45) is 0 Å². The van der Waals surface area contributed by atoms with Crippen LogP contribution in [0, 0.1) is 0 Å². The van der Waals surface area contributed by atoms with Crippen LogP contribution in [0.3, 0.4) is 0 Å². The maximum absolute atomic E-state index is 11.9. The predicted octanol–water partition coefficient (Wildman–Crippen LogP) is 2.03. The van der Waals surface area contributed by atoms with Crippen molar-refractivity contribution < 1.29 is 13.2 Å². The zero-order chi connectivity index (χ0) is 15.0. The van der Waals surface area contributed by atoms with Gasteiger partial charge in [-0.1, -0.05) is 29.3 Å². The fourth-order valence-electron chi connectivity index (χ4n) is 1.51. The van der Waals surface area contributed by atoms with Gasteiger partial charge in [-0.3, -0.25) is 4.79 Å². The molecule has 0 atom stereocenters. The minimum atomic E-state index is -3.51. The Hall–Kier alpha value is -0.920. The van der Waals surface area contributed by atoms with E-state index in [1.54, 1.807) is 12.1 Å². The molecular formula is C13H19BrN2O3S. The van der Waals surface area contributed by atoms with Crippen molar-refractivity contribution in [2.75, 3.05) is 13.1 Å². The van der Waals surface area contributed by atoms with Gasteiger partial charge in [-0.25, -0.2) is 13.1 Å². The van der Waals surface area contributed by atoms with Crippen LogP contribution in [0.5, 0.6) is 0 Å². The third-order valence-electron chi connectivity index (χ3n) is 2.62. The molecule has 1 aromatic rings. The quantitative estimate of drug-likeness (QED) is 0.694. The first-order valence-electron chi connectivity index (χ1n) is 6.47. The van der Waals surface area contributed by atoms with Gasteiger partial charge in [0.1, 0.15) is 0 Å². The van der Waals surface area contributed by atoms with E-state index in [1.165, 1.54) is 12.1 Å². The average Bonchev–Trinajstić information content (AvgIpc) is 2.42. The van der Waals surface area contributed by atoms with E-state index in [1.807, 2.05) is 6.92 Å². The minimum Gasteiger partial charge on any atom is -0.355 e. The molecule has 0 aliphatic heterocycles. The van der Waals surface area contributed by atoms with Crippen molar-refractivity contribution in [1.29, 1.82) is 0 Å². The van der Waals surface area contributed by atoms with E-state index in [9.17, 15) is 13.2 Å². The smallest absolute Gasteiger partial charge is 0.240 e. The maximum Gasteiger partial charge on any atom is 0.240 e. The number of sulfonamides is 1. The van der Waals surface area contributed by atoms with Crippen molar-refractivity contribution in [2.45, 2.75) is 31.1 Å². The summed E-state index contributed by atoms with van der Waals surface area (Å²) >= 11 is 3.25. The second kappa shape index (κ2) is 8.39. The number of rotatable bonds is 8. The van der Waals surface area contributed by atoms with Gasteiger partial charge in [-0.15, -0.1) is 0 Å². The molecule has 0 bridgehead atoms. The molecule has 20 heavy (non-hydrogen) atoms. The summed E-state index contributed by atoms with van der Waals surface area (Å²) in [5.41, 5.74) is 0. The van der Waals surface area contributed by atoms with Gasteiger partial charge < -0.3 is 5.32 Å². The lowest BCUT2D eigenvalue weighted by Crippen LogP contribution is -2.34. The zero-order valence-corrected chi connectivity index (χ0v) is 13.8. The minimum absolute atomic E-state index is 0.0466. The summed E-state index contributed by atoms with van der Waals surface area (Å²) in [4.78, 5) is 11.5. The van der Waals surface area contributed by atoms with Gasteiger partial charge in [-0.2, -0.15) is 0 Å². The molecule has 1 rings (SSSR count). The van der Waals surface area contributed by atoms with Crippen LogP contribution in [0.2, 0.25) is 0 Å². The summed E-state index contributed by atoms with van der Waals surface area (Å²) in [6.07, 6.45) is 2.29. The number of benzene rings is 1. The number of unbranched alkanes of at least 4 members (excludes halogenated alkanes) is 1. The summed E-state index contributed by atoms with van der Waals surface area (Å²) in [5, 5.41) is 2.68. The topological polar surface area (TPSA) is 75.3 Å². The number of carbonyl (C=O) groups excluding carboxylic acids is 1. The molecule has 5 nitrogen and oxygen atoms in total. The summed E-state index contributed by atoms with van der Waals surface area (Å²) in [5.74, 6) is -0.0466. The Bertz CT molecular complexity index is 529. The van der Waals surface area contributed by atoms with E-state index in [-0.39, 0.29) is 23.9 Å². The second-order valence-electron chi connectivity index (χ2n) is 4.31. The molecule has 0 aliphatic rings. The highest BCUT2D eigenvalue weighted by Crippen LogP contribution is 2.14. The Morgan fingerprint density at radius 3 is 2.45 bits per heavy atom. The molecule has 112 valence electrons. The monoisotopic (exact) mass is 362 g/mol. The van der Waals surface area contributed by atoms with Crippen molar-refractivity contribution in [3.8, 4) is 0 Å². The normalized spacial score (nSPS) is 11.3. The lowest BCUT2D eigenvalue weighted by atomic mass is 10.2. The van der Waals surface area contributed by atoms with Gasteiger partial charge in [-0.05, 0) is 30.7 Å². The SMILES string of the molecule is CCCCC(=O)NCCNS(=O)(=O)c1ccc(Br)cc1. The molecular weight excluding hydrogens is 344 g/mol. The van der Waals surface area contributed by atoms with Gasteiger partial charge in [0.15, 0.2) is 0 Å². The van der Waals surface area contributed by atoms with Crippen LogP contribution in [-0.4, -0.2) is 27.4 Å². The first-order valence-corrected chi connectivity index (χ1v) is 8.75. The van der Waals surface area contributed by atoms with Crippen molar-refractivity contribution in [3.63, 3.8) is 0 Å². The van der Waals surface area contributed by atoms with E-state index >= 15 is 0 Å². The van der Waals surface area contributed by atoms with Gasteiger partial charge >= 0.3 is 0 Å². The fourth-order valence-corrected chi connectivity index (χ4v) is 2.81. The Morgan fingerprint density at radius 2 is 1.85 bits per heavy atom. The molecule has 7 heteroatoms. The fraction of sp³-hybridized carbons (Fsp3) is 0.462. The predicted molar refractivity (Wildman–Crippen MR) is 81.9 cm³/mol. The van der Waals surface area contributed by atoms with Gasteiger partial charge in [0.2, 0.25) is 15.9 Å². The second-order valence-corrected chi connectivity index (χ2v) is 6.99. The first kappa shape index (κ1) is 17.1. The molecule has 0 fully saturated rings. The summed E-state index contributed by atoms with van der Waals surface area (Å²) in [6.45, 7) is 2.48. The molecule has 0 heterocycles. The van der Waals surface area contributed by atoms with E-state index in [2.05, 4.69) is 26.0 Å². The van der Waals surface area contributed by atoms with E-state index in [0.717, 1.165) is 17.3 Å². The lowest BCUT2D eigenvalue weighted by Gasteiger charge is -2.08. The van der Waals surface area contributed by atoms with Gasteiger partial charge in [0, 0.05) is 24.0 Å². The molecule has 0 aliphatic carbocycles. The Morgan fingerprint density at radius 1 is 1.20 bits per heavy atom. The Balaban J connectivity index is 2.37. The number of halogens is 1. The van der Waals surface area contributed by atoms with Crippen LogP contribution in [0.15, 0.2) is 33.6 Å². The summed E-state index contributed by atoms with van der Waals surface area (Å²) in [6, 6.07) is 6.38. The first-order chi connectivity index (χ1) is 9.45. The third-order valence-corrected chi connectivity index (χ3v) is 4.63. The summed E-state index contributed by atoms with van der Waals surface area (Å²) < 4.78 is 27.1. The van der Waals surface area contributed by atoms with Crippen LogP contribution < -0.4 is 10.0 Å². The van der Waals surface area contributed by atoms with Crippen LogP contribution in [0.25, 0.3) is 0 Å². The molecule has 0 unspecified atom stereocenters. The number of nitrogens with one attached hydrogen (secondary N) is 2. The molecule has 0 saturated heterocycles. The van der Waals surface area contributed by atoms with Crippen molar-refractivity contribution in [1.82, 2.24) is 10.0 Å². The standard InChI is InChI=1S/C13H19BrN2O3S/c1-2-3-4-13(17)15-9-10-16-20(18,19)12-7-5-11(14)6-8-12/h5-8,16H,2-4,9-10H2,1H3,(H,15,17). The van der Waals surface area contributed by atoms with E-state index in [0.29, 0.717) is 6.42 Å². The molecule has 0 spiro atoms. The van der Waals surface area contributed by atoms with Gasteiger partial charge in [0.25, 0.3) is 0 Å². The number of amides is 1. The molecule has 1 aromatic carbocycles. The number of hydrogen-bond acceptors (Lipinski definition) is 3. The molecule has 0 radical (unpaired) electrons. The third kappa shape index (κ3) is 6.02. The van der Waals surface area contributed by atoms with E-state index < -0.39 is 10.0 Å². The molecule has 0 saturated carbocycles. The lowest BCUT2D eigenvalue weighted by molar-refractivity contribution is -0.121. The van der Waals surface area contributed by atoms with Gasteiger partial charge in [0.05, 0.1) is 4.90 Å². The highest BCUT2D eigenvalue weighted by Gasteiger charge is 2.12. The van der Waals surface area contributed by atoms with Crippen molar-refractivity contribution >= 4 is 31.9 Å². The maximum atomic E-state index is 11.9. The van der Waals surface area contributed by atoms with E-state index in [4.69, 9.17) is 0 Å². The molecule has 2 N–H and O–H groups in total. The Kier molecular flexibility index (Phi) is 7.18. The number of hydrogen-bond donors (Lipinski definition) is 2. The van der Waals surface area contributed by atoms with Crippen LogP contribution in [0.4, 0.5) is 0 Å². The van der Waals surface area contributed by atoms with Crippen LogP contribution >= 0.6 is 15.9 Å².